The molecule has 0 atom stereocenters. The topological polar surface area (TPSA) is 75.7 Å². The van der Waals surface area contributed by atoms with Crippen molar-refractivity contribution < 1.29 is 35.5 Å². The monoisotopic (exact) mass is 434 g/mol. The van der Waals surface area contributed by atoms with Gasteiger partial charge in [-0.3, -0.25) is 4.79 Å². The van der Waals surface area contributed by atoms with Crippen molar-refractivity contribution in [2.75, 3.05) is 26.0 Å². The molecule has 0 fully saturated rings. The zero-order chi connectivity index (χ0) is 21.8. The number of hydrogen-bond acceptors (Lipinski definition) is 5. The molecule has 0 saturated carbocycles. The molecule has 0 aliphatic heterocycles. The van der Waals surface area contributed by atoms with Crippen molar-refractivity contribution in [1.82, 2.24) is 4.90 Å². The highest BCUT2D eigenvalue weighted by Crippen LogP contribution is 2.35. The minimum absolute atomic E-state index is 0.0646. The normalized spacial score (nSPS) is 11.8. The molecular weight excluding hydrogens is 416 g/mol. The van der Waals surface area contributed by atoms with Crippen LogP contribution in [0, 0.1) is 5.82 Å². The molecule has 2 aromatic rings. The van der Waals surface area contributed by atoms with Crippen LogP contribution in [0.4, 0.5) is 23.2 Å². The fraction of sp³-hybridized carbons (Fsp3) is 0.278. The molecule has 0 aliphatic carbocycles. The molecular formula is C18H18F4N2O4S. The van der Waals surface area contributed by atoms with Crippen LogP contribution in [0.3, 0.4) is 0 Å². The highest BCUT2D eigenvalue weighted by atomic mass is 32.2. The lowest BCUT2D eigenvalue weighted by Crippen LogP contribution is -2.27. The van der Waals surface area contributed by atoms with E-state index in [1.54, 1.807) is 32.3 Å². The van der Waals surface area contributed by atoms with E-state index in [0.717, 1.165) is 12.1 Å². The van der Waals surface area contributed by atoms with Gasteiger partial charge in [-0.25, -0.2) is 12.8 Å². The Morgan fingerprint density at radius 3 is 2.45 bits per heavy atom. The highest BCUT2D eigenvalue weighted by Gasteiger charge is 2.48. The zero-order valence-electron chi connectivity index (χ0n) is 15.5. The van der Waals surface area contributed by atoms with Crippen LogP contribution in [-0.2, 0) is 21.2 Å². The van der Waals surface area contributed by atoms with Crippen molar-refractivity contribution in [2.24, 2.45) is 0 Å². The number of likely N-dealkylation sites (N-methyl/N-ethyl adjacent to an activating group) is 1. The van der Waals surface area contributed by atoms with Crippen LogP contribution in [0.5, 0.6) is 5.75 Å². The SMILES string of the molecule is CN(C)C(=O)COc1cccc(CNc2ccc(F)cc2S(=O)(=O)C(F)(F)F)c1. The first-order chi connectivity index (χ1) is 13.4. The van der Waals surface area contributed by atoms with Gasteiger partial charge >= 0.3 is 5.51 Å². The number of nitrogens with one attached hydrogen (secondary N) is 1. The number of anilines is 1. The van der Waals surface area contributed by atoms with Gasteiger partial charge in [-0.15, -0.1) is 0 Å². The van der Waals surface area contributed by atoms with E-state index in [2.05, 4.69) is 5.32 Å². The van der Waals surface area contributed by atoms with Crippen molar-refractivity contribution in [2.45, 2.75) is 16.9 Å². The van der Waals surface area contributed by atoms with Gasteiger partial charge in [-0.1, -0.05) is 12.1 Å². The number of carbonyl (C=O) groups excluding carboxylic acids is 1. The van der Waals surface area contributed by atoms with Crippen molar-refractivity contribution in [1.29, 1.82) is 0 Å². The third-order valence-corrected chi connectivity index (χ3v) is 5.31. The molecule has 0 unspecified atom stereocenters. The van der Waals surface area contributed by atoms with E-state index in [1.807, 2.05) is 0 Å². The third kappa shape index (κ3) is 5.59. The van der Waals surface area contributed by atoms with Gasteiger partial charge < -0.3 is 15.0 Å². The van der Waals surface area contributed by atoms with Gasteiger partial charge in [0.15, 0.2) is 6.61 Å². The first-order valence-corrected chi connectivity index (χ1v) is 9.67. The number of nitrogens with zero attached hydrogens (tertiary/aromatic N) is 1. The van der Waals surface area contributed by atoms with Crippen molar-refractivity contribution >= 4 is 21.4 Å². The minimum atomic E-state index is -5.74. The first kappa shape index (κ1) is 22.5. The molecule has 0 saturated heterocycles. The number of carbonyl (C=O) groups is 1. The highest BCUT2D eigenvalue weighted by molar-refractivity contribution is 7.92. The molecule has 6 nitrogen and oxygen atoms in total. The maximum Gasteiger partial charge on any atom is 0.501 e. The Balaban J connectivity index is 2.19. The molecule has 1 amide bonds. The molecule has 29 heavy (non-hydrogen) atoms. The summed E-state index contributed by atoms with van der Waals surface area (Å²) in [6, 6.07) is 8.44. The fourth-order valence-corrected chi connectivity index (χ4v) is 3.15. The zero-order valence-corrected chi connectivity index (χ0v) is 16.3. The van der Waals surface area contributed by atoms with Crippen molar-refractivity contribution in [3.63, 3.8) is 0 Å². The van der Waals surface area contributed by atoms with E-state index in [0.29, 0.717) is 17.4 Å². The summed E-state index contributed by atoms with van der Waals surface area (Å²) < 4.78 is 80.7. The van der Waals surface area contributed by atoms with E-state index in [9.17, 15) is 30.8 Å². The summed E-state index contributed by atoms with van der Waals surface area (Å²) in [7, 11) is -2.60. The quantitative estimate of drug-likeness (QED) is 0.678. The van der Waals surface area contributed by atoms with Gasteiger partial charge in [0.2, 0.25) is 0 Å². The second kappa shape index (κ2) is 8.68. The van der Waals surface area contributed by atoms with Crippen LogP contribution in [-0.4, -0.2) is 45.4 Å². The average molecular weight is 434 g/mol. The van der Waals surface area contributed by atoms with Crippen LogP contribution < -0.4 is 10.1 Å². The number of hydrogen-bond donors (Lipinski definition) is 1. The number of alkyl halides is 3. The Kier molecular flexibility index (Phi) is 6.73. The number of amides is 1. The maximum atomic E-state index is 13.4. The van der Waals surface area contributed by atoms with Crippen LogP contribution in [0.2, 0.25) is 0 Å². The Hall–Kier alpha value is -2.82. The summed E-state index contributed by atoms with van der Waals surface area (Å²) in [5.41, 5.74) is -5.42. The van der Waals surface area contributed by atoms with Gasteiger partial charge in [0, 0.05) is 20.6 Å². The summed E-state index contributed by atoms with van der Waals surface area (Å²) in [4.78, 5) is 11.7. The molecule has 0 spiro atoms. The van der Waals surface area contributed by atoms with Crippen LogP contribution in [0.1, 0.15) is 5.56 Å². The summed E-state index contributed by atoms with van der Waals surface area (Å²) in [6.45, 7) is -0.263. The average Bonchev–Trinajstić information content (AvgIpc) is 2.64. The molecule has 2 rings (SSSR count). The van der Waals surface area contributed by atoms with E-state index >= 15 is 0 Å². The van der Waals surface area contributed by atoms with Gasteiger partial charge in [-0.2, -0.15) is 13.2 Å². The van der Waals surface area contributed by atoms with Gasteiger partial charge in [-0.05, 0) is 35.9 Å². The smallest absolute Gasteiger partial charge is 0.484 e. The van der Waals surface area contributed by atoms with E-state index in [1.165, 1.54) is 11.0 Å². The molecule has 158 valence electrons. The molecule has 11 heteroatoms. The lowest BCUT2D eigenvalue weighted by atomic mass is 10.2. The van der Waals surface area contributed by atoms with Crippen LogP contribution >= 0.6 is 0 Å². The minimum Gasteiger partial charge on any atom is -0.484 e. The van der Waals surface area contributed by atoms with E-state index in [4.69, 9.17) is 4.74 Å². The summed E-state index contributed by atoms with van der Waals surface area (Å²) in [5.74, 6) is -1.03. The standard InChI is InChI=1S/C18H18F4N2O4S/c1-24(2)17(25)11-28-14-5-3-4-12(8-14)10-23-15-7-6-13(19)9-16(15)29(26,27)18(20,21)22/h3-9,23H,10-11H2,1-2H3. The summed E-state index contributed by atoms with van der Waals surface area (Å²) >= 11 is 0. The lowest BCUT2D eigenvalue weighted by molar-refractivity contribution is -0.130. The van der Waals surface area contributed by atoms with Crippen molar-refractivity contribution in [3.05, 3.63) is 53.8 Å². The van der Waals surface area contributed by atoms with Gasteiger partial charge in [0.25, 0.3) is 15.7 Å². The van der Waals surface area contributed by atoms with Gasteiger partial charge in [0.05, 0.1) is 5.69 Å². The lowest BCUT2D eigenvalue weighted by Gasteiger charge is -2.15. The van der Waals surface area contributed by atoms with Crippen LogP contribution in [0.15, 0.2) is 47.4 Å². The first-order valence-electron chi connectivity index (χ1n) is 8.18. The second-order valence-electron chi connectivity index (χ2n) is 6.17. The molecule has 0 radical (unpaired) electrons. The van der Waals surface area contributed by atoms with Crippen molar-refractivity contribution in [3.8, 4) is 5.75 Å². The number of ether oxygens (including phenoxy) is 1. The molecule has 0 bridgehead atoms. The fourth-order valence-electron chi connectivity index (χ4n) is 2.21. The molecule has 0 heterocycles. The predicted octanol–water partition coefficient (Wildman–Crippen LogP) is 3.20. The Morgan fingerprint density at radius 2 is 1.83 bits per heavy atom. The Bertz CT molecular complexity index is 992. The predicted molar refractivity (Wildman–Crippen MR) is 97.6 cm³/mol. The molecule has 2 aromatic carbocycles. The van der Waals surface area contributed by atoms with E-state index in [-0.39, 0.29) is 19.1 Å². The molecule has 0 aliphatic rings. The maximum absolute atomic E-state index is 13.4. The largest absolute Gasteiger partial charge is 0.501 e. The Labute approximate surface area is 165 Å². The molecule has 0 aromatic heterocycles. The second-order valence-corrected chi connectivity index (χ2v) is 8.08. The summed E-state index contributed by atoms with van der Waals surface area (Å²) in [6.07, 6.45) is 0. The third-order valence-electron chi connectivity index (χ3n) is 3.78. The van der Waals surface area contributed by atoms with Crippen LogP contribution in [0.25, 0.3) is 0 Å². The van der Waals surface area contributed by atoms with Gasteiger partial charge in [0.1, 0.15) is 16.5 Å². The molecule has 1 N–H and O–H groups in total. The number of rotatable bonds is 7. The number of benzene rings is 2. The number of halogens is 4. The summed E-state index contributed by atoms with van der Waals surface area (Å²) in [5, 5.41) is 2.57. The van der Waals surface area contributed by atoms with E-state index < -0.39 is 31.7 Å². The number of sulfone groups is 1. The Morgan fingerprint density at radius 1 is 1.14 bits per heavy atom.